The zero-order valence-corrected chi connectivity index (χ0v) is 19.3. The van der Waals surface area contributed by atoms with Crippen LogP contribution in [0.3, 0.4) is 0 Å². The molecule has 1 aliphatic carbocycles. The Morgan fingerprint density at radius 3 is 2.47 bits per heavy atom. The molecule has 0 atom stereocenters. The summed E-state index contributed by atoms with van der Waals surface area (Å²) >= 11 is 6.07. The van der Waals surface area contributed by atoms with Gasteiger partial charge < -0.3 is 15.4 Å². The van der Waals surface area contributed by atoms with Crippen LogP contribution in [0.5, 0.6) is 5.75 Å². The van der Waals surface area contributed by atoms with E-state index in [4.69, 9.17) is 21.6 Å². The number of aromatic nitrogens is 2. The maximum absolute atomic E-state index is 12.7. The largest absolute Gasteiger partial charge is 0.490 e. The van der Waals surface area contributed by atoms with Crippen molar-refractivity contribution in [2.75, 3.05) is 18.4 Å². The first kappa shape index (κ1) is 24.2. The molecule has 1 amide bonds. The molecule has 2 aromatic rings. The summed E-state index contributed by atoms with van der Waals surface area (Å²) in [6.45, 7) is 2.02. The van der Waals surface area contributed by atoms with Gasteiger partial charge in [0, 0.05) is 17.9 Å². The average molecular weight is 476 g/mol. The van der Waals surface area contributed by atoms with Crippen LogP contribution in [0.4, 0.5) is 5.82 Å². The highest BCUT2D eigenvalue weighted by Gasteiger charge is 2.28. The SMILES string of the molecule is Cl.N#Cc1ccc(OC2CCC(C(=O)Nc3ccc(C4CCNCC4)nn3)CC2)cc1Cl. The van der Waals surface area contributed by atoms with Crippen molar-refractivity contribution < 1.29 is 9.53 Å². The predicted octanol–water partition coefficient (Wildman–Crippen LogP) is 4.47. The first-order valence-electron chi connectivity index (χ1n) is 10.8. The molecule has 2 aliphatic rings. The number of carbonyl (C=O) groups excluding carboxylic acids is 1. The molecular formula is C23H27Cl2N5O2. The van der Waals surface area contributed by atoms with E-state index in [0.717, 1.165) is 57.3 Å². The van der Waals surface area contributed by atoms with E-state index in [0.29, 0.717) is 28.1 Å². The molecule has 1 saturated carbocycles. The van der Waals surface area contributed by atoms with E-state index in [2.05, 4.69) is 20.8 Å². The van der Waals surface area contributed by atoms with Gasteiger partial charge in [-0.3, -0.25) is 4.79 Å². The zero-order chi connectivity index (χ0) is 21.6. The van der Waals surface area contributed by atoms with Gasteiger partial charge in [0.25, 0.3) is 0 Å². The number of carbonyl (C=O) groups is 1. The second-order valence-corrected chi connectivity index (χ2v) is 8.61. The quantitative estimate of drug-likeness (QED) is 0.661. The minimum absolute atomic E-state index is 0. The zero-order valence-electron chi connectivity index (χ0n) is 17.7. The molecule has 1 aromatic carbocycles. The van der Waals surface area contributed by atoms with Crippen LogP contribution >= 0.6 is 24.0 Å². The van der Waals surface area contributed by atoms with Gasteiger partial charge >= 0.3 is 0 Å². The summed E-state index contributed by atoms with van der Waals surface area (Å²) in [5, 5.41) is 24.2. The molecule has 0 unspecified atom stereocenters. The third-order valence-electron chi connectivity index (χ3n) is 6.10. The van der Waals surface area contributed by atoms with Gasteiger partial charge in [-0.1, -0.05) is 11.6 Å². The van der Waals surface area contributed by atoms with Crippen molar-refractivity contribution in [2.24, 2.45) is 5.92 Å². The standard InChI is InChI=1S/C23H26ClN5O2.ClH/c24-20-13-19(6-3-17(20)14-25)31-18-4-1-16(2-5-18)23(30)27-22-8-7-21(28-29-22)15-9-11-26-12-10-15;/h3,6-8,13,15-16,18,26H,1-2,4-5,9-12H2,(H,27,29,30);1H. The molecule has 0 bridgehead atoms. The Hall–Kier alpha value is -2.40. The average Bonchev–Trinajstić information content (AvgIpc) is 2.81. The summed E-state index contributed by atoms with van der Waals surface area (Å²) in [4.78, 5) is 12.7. The summed E-state index contributed by atoms with van der Waals surface area (Å²) in [7, 11) is 0. The first-order valence-corrected chi connectivity index (χ1v) is 11.2. The van der Waals surface area contributed by atoms with E-state index in [-0.39, 0.29) is 30.3 Å². The van der Waals surface area contributed by atoms with Crippen LogP contribution in [0.15, 0.2) is 30.3 Å². The number of nitrogens with zero attached hydrogens (tertiary/aromatic N) is 3. The fourth-order valence-electron chi connectivity index (χ4n) is 4.27. The van der Waals surface area contributed by atoms with Crippen LogP contribution in [0.2, 0.25) is 5.02 Å². The van der Waals surface area contributed by atoms with E-state index in [1.807, 2.05) is 18.2 Å². The Kier molecular flexibility index (Phi) is 8.68. The molecule has 7 nitrogen and oxygen atoms in total. The lowest BCUT2D eigenvalue weighted by Crippen LogP contribution is -2.31. The van der Waals surface area contributed by atoms with Gasteiger partial charge in [-0.25, -0.2) is 0 Å². The minimum Gasteiger partial charge on any atom is -0.490 e. The number of nitrogens with one attached hydrogen (secondary N) is 2. The van der Waals surface area contributed by atoms with Crippen LogP contribution in [0, 0.1) is 17.2 Å². The molecule has 170 valence electrons. The lowest BCUT2D eigenvalue weighted by Gasteiger charge is -2.28. The molecule has 1 aliphatic heterocycles. The topological polar surface area (TPSA) is 99.9 Å². The smallest absolute Gasteiger partial charge is 0.228 e. The normalized spacial score (nSPS) is 21.1. The van der Waals surface area contributed by atoms with Crippen molar-refractivity contribution >= 4 is 35.7 Å². The maximum Gasteiger partial charge on any atom is 0.228 e. The highest BCUT2D eigenvalue weighted by Crippen LogP contribution is 2.30. The number of amides is 1. The predicted molar refractivity (Wildman–Crippen MR) is 125 cm³/mol. The van der Waals surface area contributed by atoms with E-state index in [9.17, 15) is 4.79 Å². The maximum atomic E-state index is 12.7. The molecule has 2 heterocycles. The van der Waals surface area contributed by atoms with Gasteiger partial charge in [-0.05, 0) is 75.9 Å². The monoisotopic (exact) mass is 475 g/mol. The van der Waals surface area contributed by atoms with E-state index in [1.54, 1.807) is 18.2 Å². The third kappa shape index (κ3) is 6.10. The molecule has 2 fully saturated rings. The van der Waals surface area contributed by atoms with Gasteiger partial charge in [0.2, 0.25) is 5.91 Å². The highest BCUT2D eigenvalue weighted by atomic mass is 35.5. The van der Waals surface area contributed by atoms with E-state index >= 15 is 0 Å². The van der Waals surface area contributed by atoms with Crippen LogP contribution in [-0.2, 0) is 4.79 Å². The van der Waals surface area contributed by atoms with Crippen molar-refractivity contribution in [2.45, 2.75) is 50.5 Å². The number of ether oxygens (including phenoxy) is 1. The summed E-state index contributed by atoms with van der Waals surface area (Å²) < 4.78 is 6.00. The Morgan fingerprint density at radius 2 is 1.84 bits per heavy atom. The Labute approximate surface area is 199 Å². The summed E-state index contributed by atoms with van der Waals surface area (Å²) in [5.74, 6) is 1.54. The molecule has 32 heavy (non-hydrogen) atoms. The lowest BCUT2D eigenvalue weighted by atomic mass is 9.86. The number of halogens is 2. The number of benzene rings is 1. The van der Waals surface area contributed by atoms with Crippen molar-refractivity contribution in [1.29, 1.82) is 5.26 Å². The van der Waals surface area contributed by atoms with Crippen LogP contribution in [-0.4, -0.2) is 35.3 Å². The molecule has 1 aromatic heterocycles. The van der Waals surface area contributed by atoms with Gasteiger partial charge in [0.05, 0.1) is 22.4 Å². The van der Waals surface area contributed by atoms with E-state index in [1.165, 1.54) is 0 Å². The number of hydrogen-bond donors (Lipinski definition) is 2. The molecule has 0 radical (unpaired) electrons. The molecule has 9 heteroatoms. The van der Waals surface area contributed by atoms with Gasteiger partial charge in [0.1, 0.15) is 11.8 Å². The van der Waals surface area contributed by atoms with Crippen LogP contribution in [0.25, 0.3) is 0 Å². The lowest BCUT2D eigenvalue weighted by molar-refractivity contribution is -0.121. The minimum atomic E-state index is -0.0599. The molecule has 0 spiro atoms. The summed E-state index contributed by atoms with van der Waals surface area (Å²) in [6, 6.07) is 11.0. The second kappa shape index (κ2) is 11.5. The molecule has 4 rings (SSSR count). The Morgan fingerprint density at radius 1 is 1.09 bits per heavy atom. The highest BCUT2D eigenvalue weighted by molar-refractivity contribution is 6.31. The number of nitriles is 1. The third-order valence-corrected chi connectivity index (χ3v) is 6.42. The van der Waals surface area contributed by atoms with Crippen molar-refractivity contribution in [3.05, 3.63) is 46.6 Å². The second-order valence-electron chi connectivity index (χ2n) is 8.20. The van der Waals surface area contributed by atoms with E-state index < -0.39 is 0 Å². The van der Waals surface area contributed by atoms with Crippen molar-refractivity contribution in [3.63, 3.8) is 0 Å². The molecular weight excluding hydrogens is 449 g/mol. The van der Waals surface area contributed by atoms with Crippen LogP contribution in [0.1, 0.15) is 55.7 Å². The fourth-order valence-corrected chi connectivity index (χ4v) is 4.48. The number of hydrogen-bond acceptors (Lipinski definition) is 6. The fraction of sp³-hybridized carbons (Fsp3) is 0.478. The first-order chi connectivity index (χ1) is 15.1. The molecule has 2 N–H and O–H groups in total. The molecule has 1 saturated heterocycles. The van der Waals surface area contributed by atoms with Gasteiger partial charge in [-0.15, -0.1) is 17.5 Å². The number of piperidine rings is 1. The summed E-state index contributed by atoms with van der Waals surface area (Å²) in [5.41, 5.74) is 1.43. The summed E-state index contributed by atoms with van der Waals surface area (Å²) in [6.07, 6.45) is 5.26. The van der Waals surface area contributed by atoms with Crippen LogP contribution < -0.4 is 15.4 Å². The number of anilines is 1. The Balaban J connectivity index is 0.00000289. The van der Waals surface area contributed by atoms with Gasteiger partial charge in [0.15, 0.2) is 5.82 Å². The van der Waals surface area contributed by atoms with Crippen molar-refractivity contribution in [1.82, 2.24) is 15.5 Å². The van der Waals surface area contributed by atoms with Crippen molar-refractivity contribution in [3.8, 4) is 11.8 Å². The Bertz CT molecular complexity index is 950. The number of rotatable bonds is 5. The van der Waals surface area contributed by atoms with Gasteiger partial charge in [-0.2, -0.15) is 10.4 Å².